The second-order valence-electron chi connectivity index (χ2n) is 4.51. The summed E-state index contributed by atoms with van der Waals surface area (Å²) in [6.07, 6.45) is 5.37. The second-order valence-corrected chi connectivity index (χ2v) is 4.51. The molecular weight excluding hydrogens is 245 g/mol. The molecule has 0 bridgehead atoms. The molecule has 0 radical (unpaired) electrons. The van der Waals surface area contributed by atoms with Crippen molar-refractivity contribution in [1.82, 2.24) is 19.1 Å². The number of hydrogen-bond donors (Lipinski definition) is 1. The van der Waals surface area contributed by atoms with Gasteiger partial charge in [-0.15, -0.1) is 0 Å². The lowest BCUT2D eigenvalue weighted by molar-refractivity contribution is 0.593. The Morgan fingerprint density at radius 2 is 2.16 bits per heavy atom. The van der Waals surface area contributed by atoms with Gasteiger partial charge in [-0.25, -0.2) is 14.4 Å². The lowest BCUT2D eigenvalue weighted by Gasteiger charge is -2.07. The lowest BCUT2D eigenvalue weighted by atomic mass is 10.2. The molecule has 0 unspecified atom stereocenters. The van der Waals surface area contributed by atoms with Gasteiger partial charge >= 0.3 is 0 Å². The fraction of sp³-hybridized carbons (Fsp3) is 0.231. The molecule has 6 heteroatoms. The number of nitrogens with two attached hydrogens (primary N) is 1. The van der Waals surface area contributed by atoms with Crippen molar-refractivity contribution in [2.75, 3.05) is 5.73 Å². The number of rotatable bonds is 3. The van der Waals surface area contributed by atoms with Crippen molar-refractivity contribution in [2.45, 2.75) is 20.0 Å². The Morgan fingerprint density at radius 3 is 2.89 bits per heavy atom. The fourth-order valence-corrected chi connectivity index (χ4v) is 2.14. The number of aryl methyl sites for hydroxylation is 3. The number of nitrogen functional groups attached to an aromatic ring is 1. The molecular formula is C13H14FN5. The summed E-state index contributed by atoms with van der Waals surface area (Å²) in [6, 6.07) is 3.21. The molecule has 98 valence electrons. The van der Waals surface area contributed by atoms with Gasteiger partial charge in [0.15, 0.2) is 0 Å². The van der Waals surface area contributed by atoms with E-state index in [1.54, 1.807) is 25.5 Å². The maximum Gasteiger partial charge on any atom is 0.201 e. The minimum absolute atomic E-state index is 0.258. The fourth-order valence-electron chi connectivity index (χ4n) is 2.14. The van der Waals surface area contributed by atoms with Gasteiger partial charge in [0.25, 0.3) is 0 Å². The summed E-state index contributed by atoms with van der Waals surface area (Å²) in [5.74, 6) is 0.145. The van der Waals surface area contributed by atoms with E-state index in [9.17, 15) is 4.39 Å². The van der Waals surface area contributed by atoms with Crippen LogP contribution in [0.4, 0.5) is 10.3 Å². The van der Waals surface area contributed by atoms with Crippen molar-refractivity contribution in [3.8, 4) is 0 Å². The van der Waals surface area contributed by atoms with Crippen LogP contribution < -0.4 is 5.73 Å². The molecule has 0 spiro atoms. The second kappa shape index (κ2) is 4.38. The molecule has 0 saturated carbocycles. The SMILES string of the molecule is Cc1cc2c(cc1F)nc(N)n2CCn1ccnc1. The van der Waals surface area contributed by atoms with E-state index < -0.39 is 0 Å². The molecule has 5 nitrogen and oxygen atoms in total. The Hall–Kier alpha value is -2.37. The maximum atomic E-state index is 13.5. The van der Waals surface area contributed by atoms with Crippen LogP contribution in [0.25, 0.3) is 11.0 Å². The highest BCUT2D eigenvalue weighted by Crippen LogP contribution is 2.21. The quantitative estimate of drug-likeness (QED) is 0.782. The number of benzene rings is 1. The first-order valence-corrected chi connectivity index (χ1v) is 6.03. The van der Waals surface area contributed by atoms with Gasteiger partial charge in [0.1, 0.15) is 5.82 Å². The van der Waals surface area contributed by atoms with Gasteiger partial charge in [-0.1, -0.05) is 0 Å². The third-order valence-corrected chi connectivity index (χ3v) is 3.20. The molecule has 0 saturated heterocycles. The summed E-state index contributed by atoms with van der Waals surface area (Å²) in [5.41, 5.74) is 7.94. The van der Waals surface area contributed by atoms with Crippen molar-refractivity contribution in [3.05, 3.63) is 42.2 Å². The molecule has 0 amide bonds. The smallest absolute Gasteiger partial charge is 0.201 e. The largest absolute Gasteiger partial charge is 0.369 e. The van der Waals surface area contributed by atoms with Crippen LogP contribution in [0, 0.1) is 12.7 Å². The van der Waals surface area contributed by atoms with Crippen molar-refractivity contribution < 1.29 is 4.39 Å². The van der Waals surface area contributed by atoms with Crippen LogP contribution in [0.5, 0.6) is 0 Å². The Bertz CT molecular complexity index is 714. The van der Waals surface area contributed by atoms with Crippen LogP contribution in [-0.2, 0) is 13.1 Å². The van der Waals surface area contributed by atoms with E-state index in [2.05, 4.69) is 9.97 Å². The summed E-state index contributed by atoms with van der Waals surface area (Å²) < 4.78 is 17.3. The molecule has 2 heterocycles. The molecule has 1 aromatic carbocycles. The highest BCUT2D eigenvalue weighted by molar-refractivity contribution is 5.79. The van der Waals surface area contributed by atoms with Crippen LogP contribution in [0.3, 0.4) is 0 Å². The molecule has 3 aromatic rings. The minimum Gasteiger partial charge on any atom is -0.369 e. The summed E-state index contributed by atoms with van der Waals surface area (Å²) >= 11 is 0. The Morgan fingerprint density at radius 1 is 1.32 bits per heavy atom. The van der Waals surface area contributed by atoms with Gasteiger partial charge in [-0.2, -0.15) is 0 Å². The summed E-state index contributed by atoms with van der Waals surface area (Å²) in [7, 11) is 0. The van der Waals surface area contributed by atoms with Crippen molar-refractivity contribution in [3.63, 3.8) is 0 Å². The molecule has 3 rings (SSSR count). The number of halogens is 1. The molecule has 2 aromatic heterocycles. The molecule has 0 aliphatic rings. The molecule has 0 atom stereocenters. The van der Waals surface area contributed by atoms with E-state index >= 15 is 0 Å². The zero-order valence-electron chi connectivity index (χ0n) is 10.5. The minimum atomic E-state index is -0.258. The Balaban J connectivity index is 1.98. The first-order valence-electron chi connectivity index (χ1n) is 6.03. The van der Waals surface area contributed by atoms with E-state index in [4.69, 9.17) is 5.73 Å². The number of anilines is 1. The van der Waals surface area contributed by atoms with Gasteiger partial charge < -0.3 is 14.9 Å². The van der Waals surface area contributed by atoms with Gasteiger partial charge in [-0.3, -0.25) is 0 Å². The van der Waals surface area contributed by atoms with Gasteiger partial charge in [-0.05, 0) is 18.6 Å². The topological polar surface area (TPSA) is 61.7 Å². The first-order chi connectivity index (χ1) is 9.15. The number of aromatic nitrogens is 4. The molecule has 0 fully saturated rings. The van der Waals surface area contributed by atoms with Gasteiger partial charge in [0.2, 0.25) is 5.95 Å². The van der Waals surface area contributed by atoms with Crippen LogP contribution in [0.1, 0.15) is 5.56 Å². The number of fused-ring (bicyclic) bond motifs is 1. The predicted octanol–water partition coefficient (Wildman–Crippen LogP) is 1.96. The van der Waals surface area contributed by atoms with Crippen LogP contribution in [0.2, 0.25) is 0 Å². The zero-order chi connectivity index (χ0) is 13.4. The molecule has 0 aliphatic heterocycles. The van der Waals surface area contributed by atoms with Crippen LogP contribution in [0.15, 0.2) is 30.9 Å². The Labute approximate surface area is 109 Å². The predicted molar refractivity (Wildman–Crippen MR) is 71.1 cm³/mol. The van der Waals surface area contributed by atoms with Gasteiger partial charge in [0, 0.05) is 31.5 Å². The summed E-state index contributed by atoms with van der Waals surface area (Å²) in [6.45, 7) is 3.15. The standard InChI is InChI=1S/C13H14FN5/c1-9-6-12-11(7-10(9)14)17-13(15)19(12)5-4-18-3-2-16-8-18/h2-3,6-8H,4-5H2,1H3,(H2,15,17). The average Bonchev–Trinajstić information content (AvgIpc) is 2.96. The van der Waals surface area contributed by atoms with E-state index in [0.717, 1.165) is 12.1 Å². The number of imidazole rings is 2. The van der Waals surface area contributed by atoms with E-state index in [1.165, 1.54) is 6.07 Å². The van der Waals surface area contributed by atoms with Crippen molar-refractivity contribution in [2.24, 2.45) is 0 Å². The van der Waals surface area contributed by atoms with E-state index in [1.807, 2.05) is 15.3 Å². The highest BCUT2D eigenvalue weighted by Gasteiger charge is 2.10. The third-order valence-electron chi connectivity index (χ3n) is 3.20. The summed E-state index contributed by atoms with van der Waals surface area (Å²) in [4.78, 5) is 8.18. The number of hydrogen-bond acceptors (Lipinski definition) is 3. The lowest BCUT2D eigenvalue weighted by Crippen LogP contribution is -2.08. The molecule has 0 aliphatic carbocycles. The molecule has 19 heavy (non-hydrogen) atoms. The van der Waals surface area contributed by atoms with Crippen LogP contribution >= 0.6 is 0 Å². The monoisotopic (exact) mass is 259 g/mol. The first kappa shape index (κ1) is 11.7. The van der Waals surface area contributed by atoms with E-state index in [-0.39, 0.29) is 5.82 Å². The van der Waals surface area contributed by atoms with E-state index in [0.29, 0.717) is 23.6 Å². The molecule has 2 N–H and O–H groups in total. The Kier molecular flexibility index (Phi) is 2.70. The van der Waals surface area contributed by atoms with Crippen molar-refractivity contribution in [1.29, 1.82) is 0 Å². The maximum absolute atomic E-state index is 13.5. The normalized spacial score (nSPS) is 11.3. The van der Waals surface area contributed by atoms with Crippen molar-refractivity contribution >= 4 is 17.0 Å². The van der Waals surface area contributed by atoms with Gasteiger partial charge in [0.05, 0.1) is 17.4 Å². The summed E-state index contributed by atoms with van der Waals surface area (Å²) in [5, 5.41) is 0. The van der Waals surface area contributed by atoms with Crippen LogP contribution in [-0.4, -0.2) is 19.1 Å². The average molecular weight is 259 g/mol. The third kappa shape index (κ3) is 2.05. The zero-order valence-corrected chi connectivity index (χ0v) is 10.5. The highest BCUT2D eigenvalue weighted by atomic mass is 19.1. The number of nitrogens with zero attached hydrogens (tertiary/aromatic N) is 4.